The van der Waals surface area contributed by atoms with E-state index in [4.69, 9.17) is 4.42 Å². The van der Waals surface area contributed by atoms with Crippen LogP contribution < -0.4 is 0 Å². The smallest absolute Gasteiger partial charge is 0.139 e. The first-order chi connectivity index (χ1) is 27.8. The second-order valence-corrected chi connectivity index (χ2v) is 15.1. The van der Waals surface area contributed by atoms with Crippen LogP contribution in [0.4, 0.5) is 0 Å². The topological polar surface area (TPSA) is 13.1 Å². The number of furan rings is 1. The minimum Gasteiger partial charge on any atom is -0.456 e. The molecule has 0 N–H and O–H groups in total. The Morgan fingerprint density at radius 1 is 0.500 bits per heavy atom. The Bertz CT molecular complexity index is 2880. The van der Waals surface area contributed by atoms with Gasteiger partial charge in [0.05, 0.1) is 0 Å². The van der Waals surface area contributed by atoms with Gasteiger partial charge in [-0.05, 0) is 104 Å². The fraction of sp³-hybridized carbons (Fsp3) is 0.0909. The average molecular weight is 719 g/mol. The third-order valence-electron chi connectivity index (χ3n) is 11.6. The Balaban J connectivity index is 1.11. The van der Waals surface area contributed by atoms with Crippen LogP contribution >= 0.6 is 0 Å². The Kier molecular flexibility index (Phi) is 8.97. The van der Waals surface area contributed by atoms with E-state index in [0.29, 0.717) is 0 Å². The van der Waals surface area contributed by atoms with Gasteiger partial charge in [0.2, 0.25) is 0 Å². The molecule has 1 aliphatic carbocycles. The predicted octanol–water partition coefficient (Wildman–Crippen LogP) is 15.2. The van der Waals surface area contributed by atoms with Crippen molar-refractivity contribution in [1.82, 2.24) is 0 Å². The monoisotopic (exact) mass is 718 g/mol. The van der Waals surface area contributed by atoms with E-state index < -0.39 is 0 Å². The quantitative estimate of drug-likeness (QED) is 0.145. The van der Waals surface area contributed by atoms with Crippen LogP contribution in [0.1, 0.15) is 47.4 Å². The summed E-state index contributed by atoms with van der Waals surface area (Å²) in [5.74, 6) is 0.115. The van der Waals surface area contributed by atoms with Crippen LogP contribution in [0.3, 0.4) is 0 Å². The molecular weight excluding hydrogens is 677 g/mol. The molecular formula is C55H42O. The fourth-order valence-electron chi connectivity index (χ4n) is 8.83. The summed E-state index contributed by atoms with van der Waals surface area (Å²) in [5, 5.41) is 4.82. The predicted molar refractivity (Wildman–Crippen MR) is 237 cm³/mol. The van der Waals surface area contributed by atoms with Gasteiger partial charge in [0.1, 0.15) is 11.2 Å². The van der Waals surface area contributed by atoms with Gasteiger partial charge < -0.3 is 4.42 Å². The van der Waals surface area contributed by atoms with Crippen molar-refractivity contribution in [3.63, 3.8) is 0 Å². The highest BCUT2D eigenvalue weighted by atomic mass is 16.3. The van der Waals surface area contributed by atoms with Crippen molar-refractivity contribution < 1.29 is 4.42 Å². The van der Waals surface area contributed by atoms with Crippen molar-refractivity contribution in [2.24, 2.45) is 0 Å². The highest BCUT2D eigenvalue weighted by molar-refractivity contribution is 6.22. The zero-order valence-electron chi connectivity index (χ0n) is 31.4. The van der Waals surface area contributed by atoms with E-state index >= 15 is 0 Å². The highest BCUT2D eigenvalue weighted by Crippen LogP contribution is 2.44. The van der Waals surface area contributed by atoms with E-state index in [2.05, 4.69) is 200 Å². The average Bonchev–Trinajstić information content (AvgIpc) is 3.67. The largest absolute Gasteiger partial charge is 0.456 e. The van der Waals surface area contributed by atoms with Gasteiger partial charge in [-0.3, -0.25) is 0 Å². The van der Waals surface area contributed by atoms with E-state index in [-0.39, 0.29) is 5.92 Å². The molecule has 1 unspecified atom stereocenters. The molecule has 0 radical (unpaired) electrons. The lowest BCUT2D eigenvalue weighted by atomic mass is 9.84. The number of fused-ring (bicyclic) bond motifs is 5. The summed E-state index contributed by atoms with van der Waals surface area (Å²) < 4.78 is 7.06. The molecule has 1 atom stereocenters. The third kappa shape index (κ3) is 6.46. The zero-order valence-corrected chi connectivity index (χ0v) is 31.4. The molecule has 9 aromatic rings. The molecule has 0 saturated carbocycles. The maximum Gasteiger partial charge on any atom is 0.139 e. The summed E-state index contributed by atoms with van der Waals surface area (Å²) in [5.41, 5.74) is 15.9. The summed E-state index contributed by atoms with van der Waals surface area (Å²) >= 11 is 0. The van der Waals surface area contributed by atoms with E-state index in [9.17, 15) is 0 Å². The number of allylic oxidation sites excluding steroid dienone is 4. The summed E-state index contributed by atoms with van der Waals surface area (Å²) in [6.45, 7) is 0. The normalized spacial score (nSPS) is 13.3. The molecule has 56 heavy (non-hydrogen) atoms. The van der Waals surface area contributed by atoms with Gasteiger partial charge in [-0.15, -0.1) is 0 Å². The molecule has 1 aliphatic rings. The maximum atomic E-state index is 7.06. The zero-order chi connectivity index (χ0) is 37.3. The van der Waals surface area contributed by atoms with Gasteiger partial charge in [0.25, 0.3) is 0 Å². The SMILES string of the molecule is C1=CCCC(c2cc(CCC(c3ccc(-c4ccccc4)cc3)c3cccc4c3oc3cc(-c5ccccc5)c5ccccc5c34)cc(-c3ccccc3)c2)=C1. The molecule has 10 rings (SSSR count). The van der Waals surface area contributed by atoms with Crippen molar-refractivity contribution in [2.75, 3.05) is 0 Å². The van der Waals surface area contributed by atoms with Gasteiger partial charge in [-0.25, -0.2) is 0 Å². The third-order valence-corrected chi connectivity index (χ3v) is 11.6. The number of para-hydroxylation sites is 1. The van der Waals surface area contributed by atoms with Gasteiger partial charge in [-0.1, -0.05) is 188 Å². The van der Waals surface area contributed by atoms with Crippen LogP contribution in [-0.2, 0) is 6.42 Å². The van der Waals surface area contributed by atoms with Crippen molar-refractivity contribution in [1.29, 1.82) is 0 Å². The van der Waals surface area contributed by atoms with Crippen LogP contribution in [0.25, 0.3) is 71.7 Å². The molecule has 268 valence electrons. The molecule has 1 nitrogen and oxygen atoms in total. The molecule has 8 aromatic carbocycles. The second-order valence-electron chi connectivity index (χ2n) is 15.1. The van der Waals surface area contributed by atoms with Crippen molar-refractivity contribution in [2.45, 2.75) is 31.6 Å². The first kappa shape index (κ1) is 33.8. The van der Waals surface area contributed by atoms with Gasteiger partial charge in [0.15, 0.2) is 0 Å². The number of aryl methyl sites for hydroxylation is 1. The molecule has 0 amide bonds. The van der Waals surface area contributed by atoms with Crippen LogP contribution in [-0.4, -0.2) is 0 Å². The van der Waals surface area contributed by atoms with Gasteiger partial charge >= 0.3 is 0 Å². The van der Waals surface area contributed by atoms with Gasteiger partial charge in [0, 0.05) is 22.3 Å². The molecule has 0 spiro atoms. The maximum absolute atomic E-state index is 7.06. The van der Waals surface area contributed by atoms with Crippen LogP contribution in [0.2, 0.25) is 0 Å². The summed E-state index contributed by atoms with van der Waals surface area (Å²) in [6.07, 6.45) is 10.8. The van der Waals surface area contributed by atoms with Crippen LogP contribution in [0, 0.1) is 0 Å². The standard InChI is InChI=1S/C55H42O/c1-5-16-39(17-6-1)42-29-31-44(32-30-42)47(33-28-38-34-45(40-18-7-2-8-19-40)36-46(35-38)41-20-9-3-10-21-41)50-26-15-27-51-54-49-25-14-13-24-48(49)52(37-53(54)56-55(50)51)43-22-11-4-12-23-43/h1-9,11-20,22-27,29-32,34-37,47H,10,21,28,33H2. The molecule has 0 bridgehead atoms. The Labute approximate surface area is 328 Å². The van der Waals surface area contributed by atoms with E-state index in [1.54, 1.807) is 0 Å². The lowest BCUT2D eigenvalue weighted by molar-refractivity contribution is 0.645. The fourth-order valence-corrected chi connectivity index (χ4v) is 8.83. The lowest BCUT2D eigenvalue weighted by Crippen LogP contribution is -2.04. The minimum atomic E-state index is 0.115. The van der Waals surface area contributed by atoms with Gasteiger partial charge in [-0.2, -0.15) is 0 Å². The lowest BCUT2D eigenvalue weighted by Gasteiger charge is -2.20. The Hall–Kier alpha value is -6.70. The molecule has 1 heterocycles. The van der Waals surface area contributed by atoms with Crippen molar-refractivity contribution in [3.8, 4) is 33.4 Å². The van der Waals surface area contributed by atoms with Crippen molar-refractivity contribution in [3.05, 3.63) is 222 Å². The Morgan fingerprint density at radius 2 is 1.12 bits per heavy atom. The van der Waals surface area contributed by atoms with Crippen LogP contribution in [0.5, 0.6) is 0 Å². The summed E-state index contributed by atoms with van der Waals surface area (Å²) in [4.78, 5) is 0. The first-order valence-corrected chi connectivity index (χ1v) is 19.9. The molecule has 1 heteroatoms. The highest BCUT2D eigenvalue weighted by Gasteiger charge is 2.23. The number of hydrogen-bond acceptors (Lipinski definition) is 1. The molecule has 0 saturated heterocycles. The number of hydrogen-bond donors (Lipinski definition) is 0. The number of rotatable bonds is 9. The van der Waals surface area contributed by atoms with E-state index in [1.807, 2.05) is 0 Å². The Morgan fingerprint density at radius 3 is 1.84 bits per heavy atom. The van der Waals surface area contributed by atoms with E-state index in [1.165, 1.54) is 82.8 Å². The van der Waals surface area contributed by atoms with Crippen molar-refractivity contribution >= 4 is 38.3 Å². The first-order valence-electron chi connectivity index (χ1n) is 19.9. The van der Waals surface area contributed by atoms with E-state index in [0.717, 1.165) is 36.8 Å². The molecule has 1 aromatic heterocycles. The molecule has 0 aliphatic heterocycles. The summed E-state index contributed by atoms with van der Waals surface area (Å²) in [6, 6.07) is 66.5. The van der Waals surface area contributed by atoms with Crippen LogP contribution in [0.15, 0.2) is 205 Å². The number of benzene rings is 8. The summed E-state index contributed by atoms with van der Waals surface area (Å²) in [7, 11) is 0. The minimum absolute atomic E-state index is 0.115. The second kappa shape index (κ2) is 14.9. The molecule has 0 fully saturated rings.